The standard InChI is InChI=1S/C14H20BrFN2/c1-2-12-10-18(8-4-7-17-12)9-11-5-3-6-13(16)14(11)15/h3,5-6,12,17H,2,4,7-10H2,1H3. The summed E-state index contributed by atoms with van der Waals surface area (Å²) in [5.41, 5.74) is 1.03. The Bertz CT molecular complexity index is 397. The van der Waals surface area contributed by atoms with Gasteiger partial charge in [-0.3, -0.25) is 4.90 Å². The highest BCUT2D eigenvalue weighted by atomic mass is 79.9. The Balaban J connectivity index is 2.05. The Labute approximate surface area is 117 Å². The molecule has 100 valence electrons. The van der Waals surface area contributed by atoms with Gasteiger partial charge in [0, 0.05) is 19.1 Å². The van der Waals surface area contributed by atoms with Gasteiger partial charge in [0.05, 0.1) is 4.47 Å². The van der Waals surface area contributed by atoms with Gasteiger partial charge in [-0.15, -0.1) is 0 Å². The molecule has 1 unspecified atom stereocenters. The molecule has 1 atom stereocenters. The van der Waals surface area contributed by atoms with Crippen LogP contribution in [0.4, 0.5) is 4.39 Å². The third-order valence-electron chi connectivity index (χ3n) is 3.48. The molecule has 0 radical (unpaired) electrons. The lowest BCUT2D eigenvalue weighted by Crippen LogP contribution is -2.36. The van der Waals surface area contributed by atoms with Gasteiger partial charge in [0.2, 0.25) is 0 Å². The van der Waals surface area contributed by atoms with E-state index in [9.17, 15) is 4.39 Å². The number of benzene rings is 1. The largest absolute Gasteiger partial charge is 0.313 e. The van der Waals surface area contributed by atoms with Gasteiger partial charge in [-0.05, 0) is 53.5 Å². The van der Waals surface area contributed by atoms with E-state index in [0.29, 0.717) is 10.5 Å². The normalized spacial score (nSPS) is 21.8. The minimum atomic E-state index is -0.174. The van der Waals surface area contributed by atoms with Gasteiger partial charge in [-0.2, -0.15) is 0 Å². The van der Waals surface area contributed by atoms with Crippen molar-refractivity contribution in [2.24, 2.45) is 0 Å². The Kier molecular flexibility index (Phi) is 5.15. The molecular weight excluding hydrogens is 295 g/mol. The molecule has 1 heterocycles. The number of hydrogen-bond acceptors (Lipinski definition) is 2. The summed E-state index contributed by atoms with van der Waals surface area (Å²) >= 11 is 3.34. The maximum Gasteiger partial charge on any atom is 0.137 e. The molecule has 2 rings (SSSR count). The Hall–Kier alpha value is -0.450. The van der Waals surface area contributed by atoms with Crippen molar-refractivity contribution in [3.05, 3.63) is 34.1 Å². The van der Waals surface area contributed by atoms with Crippen LogP contribution in [0.5, 0.6) is 0 Å². The SMILES string of the molecule is CCC1CN(Cc2cccc(F)c2Br)CCCN1. The van der Waals surface area contributed by atoms with Crippen molar-refractivity contribution >= 4 is 15.9 Å². The van der Waals surface area contributed by atoms with Crippen LogP contribution >= 0.6 is 15.9 Å². The zero-order valence-corrected chi connectivity index (χ0v) is 12.3. The van der Waals surface area contributed by atoms with Gasteiger partial charge < -0.3 is 5.32 Å². The van der Waals surface area contributed by atoms with E-state index in [2.05, 4.69) is 33.1 Å². The van der Waals surface area contributed by atoms with Crippen molar-refractivity contribution in [1.29, 1.82) is 0 Å². The van der Waals surface area contributed by atoms with E-state index in [1.807, 2.05) is 6.07 Å². The second kappa shape index (κ2) is 6.64. The first-order valence-electron chi connectivity index (χ1n) is 6.59. The van der Waals surface area contributed by atoms with Gasteiger partial charge in [-0.25, -0.2) is 4.39 Å². The Morgan fingerprint density at radius 1 is 1.50 bits per heavy atom. The average molecular weight is 315 g/mol. The minimum Gasteiger partial charge on any atom is -0.313 e. The summed E-state index contributed by atoms with van der Waals surface area (Å²) in [7, 11) is 0. The minimum absolute atomic E-state index is 0.174. The molecule has 0 aliphatic carbocycles. The van der Waals surface area contributed by atoms with Crippen LogP contribution in [0.25, 0.3) is 0 Å². The Morgan fingerprint density at radius 2 is 2.33 bits per heavy atom. The fraction of sp³-hybridized carbons (Fsp3) is 0.571. The number of halogens is 2. The van der Waals surface area contributed by atoms with Crippen LogP contribution in [0.15, 0.2) is 22.7 Å². The monoisotopic (exact) mass is 314 g/mol. The van der Waals surface area contributed by atoms with Gasteiger partial charge in [0.15, 0.2) is 0 Å². The van der Waals surface area contributed by atoms with E-state index in [-0.39, 0.29) is 5.82 Å². The number of hydrogen-bond donors (Lipinski definition) is 1. The van der Waals surface area contributed by atoms with Gasteiger partial charge in [0.25, 0.3) is 0 Å². The summed E-state index contributed by atoms with van der Waals surface area (Å²) in [6, 6.07) is 5.82. The van der Waals surface area contributed by atoms with Crippen molar-refractivity contribution < 1.29 is 4.39 Å². The molecule has 0 spiro atoms. The molecule has 1 N–H and O–H groups in total. The first-order valence-corrected chi connectivity index (χ1v) is 7.38. The second-order valence-corrected chi connectivity index (χ2v) is 5.65. The van der Waals surface area contributed by atoms with Crippen molar-refractivity contribution in [3.8, 4) is 0 Å². The van der Waals surface area contributed by atoms with E-state index in [1.165, 1.54) is 6.07 Å². The van der Waals surface area contributed by atoms with Gasteiger partial charge >= 0.3 is 0 Å². The highest BCUT2D eigenvalue weighted by Crippen LogP contribution is 2.22. The average Bonchev–Trinajstić information content (AvgIpc) is 2.60. The third kappa shape index (κ3) is 3.53. The Morgan fingerprint density at radius 3 is 3.11 bits per heavy atom. The van der Waals surface area contributed by atoms with Gasteiger partial charge in [-0.1, -0.05) is 19.1 Å². The van der Waals surface area contributed by atoms with Crippen molar-refractivity contribution in [2.75, 3.05) is 19.6 Å². The van der Waals surface area contributed by atoms with Crippen LogP contribution in [0.3, 0.4) is 0 Å². The van der Waals surface area contributed by atoms with E-state index in [1.54, 1.807) is 6.07 Å². The fourth-order valence-electron chi connectivity index (χ4n) is 2.40. The molecule has 0 amide bonds. The molecular formula is C14H20BrFN2. The first-order chi connectivity index (χ1) is 8.70. The first kappa shape index (κ1) is 14.0. The quantitative estimate of drug-likeness (QED) is 0.922. The molecule has 0 bridgehead atoms. The lowest BCUT2D eigenvalue weighted by atomic mass is 10.1. The van der Waals surface area contributed by atoms with E-state index >= 15 is 0 Å². The molecule has 1 fully saturated rings. The molecule has 1 aromatic carbocycles. The summed E-state index contributed by atoms with van der Waals surface area (Å²) < 4.78 is 14.1. The highest BCUT2D eigenvalue weighted by Gasteiger charge is 2.17. The maximum absolute atomic E-state index is 13.5. The predicted octanol–water partition coefficient (Wildman–Crippen LogP) is 3.16. The number of nitrogens with zero attached hydrogens (tertiary/aromatic N) is 1. The molecule has 18 heavy (non-hydrogen) atoms. The highest BCUT2D eigenvalue weighted by molar-refractivity contribution is 9.10. The van der Waals surface area contributed by atoms with Crippen LogP contribution in [-0.2, 0) is 6.54 Å². The topological polar surface area (TPSA) is 15.3 Å². The zero-order chi connectivity index (χ0) is 13.0. The van der Waals surface area contributed by atoms with Crippen molar-refractivity contribution in [1.82, 2.24) is 10.2 Å². The second-order valence-electron chi connectivity index (χ2n) is 4.86. The van der Waals surface area contributed by atoms with Gasteiger partial charge in [0.1, 0.15) is 5.82 Å². The predicted molar refractivity (Wildman–Crippen MR) is 76.1 cm³/mol. The third-order valence-corrected chi connectivity index (χ3v) is 4.37. The summed E-state index contributed by atoms with van der Waals surface area (Å²) in [4.78, 5) is 2.41. The molecule has 4 heteroatoms. The maximum atomic E-state index is 13.5. The smallest absolute Gasteiger partial charge is 0.137 e. The van der Waals surface area contributed by atoms with E-state index < -0.39 is 0 Å². The summed E-state index contributed by atoms with van der Waals surface area (Å²) in [6.45, 7) is 6.22. The zero-order valence-electron chi connectivity index (χ0n) is 10.8. The molecule has 1 saturated heterocycles. The van der Waals surface area contributed by atoms with Crippen molar-refractivity contribution in [3.63, 3.8) is 0 Å². The number of nitrogens with one attached hydrogen (secondary N) is 1. The molecule has 2 nitrogen and oxygen atoms in total. The lowest BCUT2D eigenvalue weighted by molar-refractivity contribution is 0.256. The van der Waals surface area contributed by atoms with Crippen molar-refractivity contribution in [2.45, 2.75) is 32.4 Å². The molecule has 0 saturated carbocycles. The fourth-order valence-corrected chi connectivity index (χ4v) is 2.79. The summed E-state index contributed by atoms with van der Waals surface area (Å²) in [5, 5.41) is 3.55. The molecule has 1 aromatic rings. The van der Waals surface area contributed by atoms with Crippen LogP contribution in [0, 0.1) is 5.82 Å². The van der Waals surface area contributed by atoms with E-state index in [4.69, 9.17) is 0 Å². The van der Waals surface area contributed by atoms with E-state index in [0.717, 1.165) is 44.6 Å². The van der Waals surface area contributed by atoms with Crippen LogP contribution in [0.2, 0.25) is 0 Å². The van der Waals surface area contributed by atoms with Crippen LogP contribution < -0.4 is 5.32 Å². The molecule has 0 aromatic heterocycles. The lowest BCUT2D eigenvalue weighted by Gasteiger charge is -2.24. The molecule has 1 aliphatic rings. The molecule has 1 aliphatic heterocycles. The van der Waals surface area contributed by atoms with Crippen LogP contribution in [0.1, 0.15) is 25.3 Å². The summed E-state index contributed by atoms with van der Waals surface area (Å²) in [5.74, 6) is -0.174. The summed E-state index contributed by atoms with van der Waals surface area (Å²) in [6.07, 6.45) is 2.30. The van der Waals surface area contributed by atoms with Crippen LogP contribution in [-0.4, -0.2) is 30.6 Å². The number of rotatable bonds is 3.